The molecule has 0 spiro atoms. The molecule has 2 aliphatic heterocycles. The number of methoxy groups -OCH3 is 1. The maximum absolute atomic E-state index is 6.31. The lowest BCUT2D eigenvalue weighted by Crippen LogP contribution is -2.52. The van der Waals surface area contributed by atoms with Crippen molar-refractivity contribution in [1.82, 2.24) is 5.32 Å². The van der Waals surface area contributed by atoms with E-state index in [4.69, 9.17) is 4.74 Å². The third-order valence-electron chi connectivity index (χ3n) is 6.48. The van der Waals surface area contributed by atoms with Crippen molar-refractivity contribution in [3.8, 4) is 0 Å². The summed E-state index contributed by atoms with van der Waals surface area (Å²) in [6.07, 6.45) is 5.01. The molecule has 25 heavy (non-hydrogen) atoms. The number of hydrogen-bond acceptors (Lipinski definition) is 4. The maximum Gasteiger partial charge on any atom is 0.136 e. The summed E-state index contributed by atoms with van der Waals surface area (Å²) < 4.78 is 6.31. The van der Waals surface area contributed by atoms with E-state index in [9.17, 15) is 0 Å². The van der Waals surface area contributed by atoms with Crippen LogP contribution < -0.4 is 5.32 Å². The molecule has 2 saturated heterocycles. The average Bonchev–Trinajstić information content (AvgIpc) is 3.32. The molecule has 0 aliphatic carbocycles. The molecule has 4 rings (SSSR count). The lowest BCUT2D eigenvalue weighted by molar-refractivity contribution is -0.0279. The van der Waals surface area contributed by atoms with E-state index in [2.05, 4.69) is 54.2 Å². The number of hydrogen-bond donors (Lipinski definition) is 1. The Morgan fingerprint density at radius 2 is 1.80 bits per heavy atom. The van der Waals surface area contributed by atoms with Crippen LogP contribution in [0.25, 0.3) is 0 Å². The summed E-state index contributed by atoms with van der Waals surface area (Å²) >= 11 is 3.65. The van der Waals surface area contributed by atoms with E-state index in [-0.39, 0.29) is 29.6 Å². The van der Waals surface area contributed by atoms with Gasteiger partial charge in [-0.2, -0.15) is 0 Å². The van der Waals surface area contributed by atoms with Gasteiger partial charge in [0.05, 0.1) is 0 Å². The second-order valence-electron chi connectivity index (χ2n) is 7.94. The highest BCUT2D eigenvalue weighted by molar-refractivity contribution is 14.0. The van der Waals surface area contributed by atoms with Gasteiger partial charge in [-0.15, -0.1) is 46.7 Å². The molecule has 0 aromatic carbocycles. The van der Waals surface area contributed by atoms with Crippen LogP contribution >= 0.6 is 46.7 Å². The van der Waals surface area contributed by atoms with Gasteiger partial charge in [-0.05, 0) is 59.9 Å². The maximum atomic E-state index is 6.31. The summed E-state index contributed by atoms with van der Waals surface area (Å²) in [5.41, 5.74) is 0.0202. The summed E-state index contributed by atoms with van der Waals surface area (Å²) in [7, 11) is 1.89. The number of fused-ring (bicyclic) bond motifs is 2. The molecule has 3 atom stereocenters. The highest BCUT2D eigenvalue weighted by atomic mass is 127. The number of thiophene rings is 2. The second kappa shape index (κ2) is 7.58. The quantitative estimate of drug-likeness (QED) is 0.530. The van der Waals surface area contributed by atoms with E-state index in [1.165, 1.54) is 29.0 Å². The van der Waals surface area contributed by atoms with E-state index >= 15 is 0 Å². The molecule has 1 N–H and O–H groups in total. The van der Waals surface area contributed by atoms with Crippen LogP contribution in [-0.2, 0) is 10.3 Å². The van der Waals surface area contributed by atoms with Crippen molar-refractivity contribution in [2.45, 2.75) is 57.2 Å². The van der Waals surface area contributed by atoms with Gasteiger partial charge in [0.15, 0.2) is 0 Å². The van der Waals surface area contributed by atoms with E-state index in [0.717, 1.165) is 6.42 Å². The van der Waals surface area contributed by atoms with Crippen LogP contribution in [0.4, 0.5) is 0 Å². The number of nitrogens with one attached hydrogen (secondary N) is 1. The summed E-state index contributed by atoms with van der Waals surface area (Å²) in [6, 6.07) is 10.2. The normalized spacial score (nSPS) is 27.9. The van der Waals surface area contributed by atoms with Crippen molar-refractivity contribution in [2.75, 3.05) is 7.11 Å². The molecule has 0 amide bonds. The molecule has 2 aromatic heterocycles. The van der Waals surface area contributed by atoms with E-state index in [0.29, 0.717) is 23.4 Å². The van der Waals surface area contributed by atoms with Gasteiger partial charge < -0.3 is 10.1 Å². The lowest BCUT2D eigenvalue weighted by atomic mass is 9.65. The lowest BCUT2D eigenvalue weighted by Gasteiger charge is -2.47. The topological polar surface area (TPSA) is 21.3 Å². The molecule has 0 saturated carbocycles. The first-order valence-electron chi connectivity index (χ1n) is 8.95. The minimum atomic E-state index is -0.291. The Bertz CT molecular complexity index is 634. The van der Waals surface area contributed by atoms with E-state index in [1.807, 2.05) is 29.8 Å². The van der Waals surface area contributed by atoms with Crippen LogP contribution in [-0.4, -0.2) is 19.2 Å². The van der Waals surface area contributed by atoms with Gasteiger partial charge in [-0.25, -0.2) is 0 Å². The fourth-order valence-corrected chi connectivity index (χ4v) is 6.76. The largest absolute Gasteiger partial charge is 0.367 e. The first kappa shape index (κ1) is 19.8. The van der Waals surface area contributed by atoms with Gasteiger partial charge in [0.25, 0.3) is 0 Å². The zero-order valence-electron chi connectivity index (χ0n) is 15.2. The minimum Gasteiger partial charge on any atom is -0.367 e. The third-order valence-corrected chi connectivity index (χ3v) is 8.51. The van der Waals surface area contributed by atoms with Crippen LogP contribution in [0.2, 0.25) is 0 Å². The Balaban J connectivity index is 0.00000182. The van der Waals surface area contributed by atoms with Gasteiger partial charge in [0, 0.05) is 28.9 Å². The fraction of sp³-hybridized carbons (Fsp3) is 0.600. The molecule has 2 fully saturated rings. The fourth-order valence-electron chi connectivity index (χ4n) is 4.84. The van der Waals surface area contributed by atoms with Gasteiger partial charge in [0.1, 0.15) is 5.60 Å². The SMILES string of the molecule is COC(CC1CC2CCC(N2)C1(C)C)(c1cccs1)c1cccs1.I. The molecular weight excluding hydrogens is 461 g/mol. The van der Waals surface area contributed by atoms with E-state index in [1.54, 1.807) is 0 Å². The molecule has 0 radical (unpaired) electrons. The van der Waals surface area contributed by atoms with Crippen molar-refractivity contribution in [3.63, 3.8) is 0 Å². The van der Waals surface area contributed by atoms with Crippen molar-refractivity contribution < 1.29 is 4.74 Å². The van der Waals surface area contributed by atoms with Gasteiger partial charge in [0.2, 0.25) is 0 Å². The Kier molecular flexibility index (Phi) is 6.01. The molecule has 138 valence electrons. The molecule has 2 aromatic rings. The van der Waals surface area contributed by atoms with Gasteiger partial charge >= 0.3 is 0 Å². The Morgan fingerprint density at radius 1 is 1.16 bits per heavy atom. The second-order valence-corrected chi connectivity index (χ2v) is 9.83. The molecule has 2 aliphatic rings. The predicted octanol–water partition coefficient (Wildman–Crippen LogP) is 5.87. The van der Waals surface area contributed by atoms with Crippen LogP contribution in [0, 0.1) is 11.3 Å². The minimum absolute atomic E-state index is 0. The highest BCUT2D eigenvalue weighted by Gasteiger charge is 2.50. The molecule has 4 heterocycles. The summed E-state index contributed by atoms with van der Waals surface area (Å²) in [6.45, 7) is 4.92. The summed E-state index contributed by atoms with van der Waals surface area (Å²) in [5, 5.41) is 8.20. The summed E-state index contributed by atoms with van der Waals surface area (Å²) in [4.78, 5) is 2.68. The van der Waals surface area contributed by atoms with Crippen LogP contribution in [0.3, 0.4) is 0 Å². The first-order valence-corrected chi connectivity index (χ1v) is 10.7. The Morgan fingerprint density at radius 3 is 2.32 bits per heavy atom. The standard InChI is InChI=1S/C20H27NOS2.HI/c1-19(2)14(12-15-8-9-16(19)21-15)13-20(22-3,17-6-4-10-23-17)18-7-5-11-24-18;/h4-7,10-11,14-16,21H,8-9,12-13H2,1-3H3;1H. The van der Waals surface area contributed by atoms with Crippen molar-refractivity contribution >= 4 is 46.7 Å². The molecule has 2 nitrogen and oxygen atoms in total. The van der Waals surface area contributed by atoms with E-state index < -0.39 is 0 Å². The first-order chi connectivity index (χ1) is 11.6. The van der Waals surface area contributed by atoms with Crippen LogP contribution in [0.1, 0.15) is 49.3 Å². The molecule has 2 bridgehead atoms. The van der Waals surface area contributed by atoms with Crippen LogP contribution in [0.15, 0.2) is 35.0 Å². The van der Waals surface area contributed by atoms with Gasteiger partial charge in [-0.1, -0.05) is 26.0 Å². The summed E-state index contributed by atoms with van der Waals surface area (Å²) in [5.74, 6) is 0.667. The number of rotatable bonds is 5. The predicted molar refractivity (Wildman–Crippen MR) is 118 cm³/mol. The average molecular weight is 489 g/mol. The Labute approximate surface area is 176 Å². The van der Waals surface area contributed by atoms with Crippen LogP contribution in [0.5, 0.6) is 0 Å². The number of halogens is 1. The monoisotopic (exact) mass is 489 g/mol. The molecule has 5 heteroatoms. The zero-order chi connectivity index (χ0) is 16.8. The number of piperidine rings is 1. The number of ether oxygens (including phenoxy) is 1. The smallest absolute Gasteiger partial charge is 0.136 e. The Hall–Kier alpha value is 0.0500. The van der Waals surface area contributed by atoms with Crippen molar-refractivity contribution in [2.24, 2.45) is 11.3 Å². The zero-order valence-corrected chi connectivity index (χ0v) is 19.1. The van der Waals surface area contributed by atoms with Crippen molar-refractivity contribution in [3.05, 3.63) is 44.8 Å². The molecule has 3 unspecified atom stereocenters. The third kappa shape index (κ3) is 3.35. The highest BCUT2D eigenvalue weighted by Crippen LogP contribution is 2.52. The molecular formula is C20H28INOS2. The van der Waals surface area contributed by atoms with Crippen molar-refractivity contribution in [1.29, 1.82) is 0 Å². The van der Waals surface area contributed by atoms with Gasteiger partial charge in [-0.3, -0.25) is 0 Å².